The van der Waals surface area contributed by atoms with Gasteiger partial charge in [-0.15, -0.1) is 0 Å². The Morgan fingerprint density at radius 3 is 2.62 bits per heavy atom. The Labute approximate surface area is 310 Å². The van der Waals surface area contributed by atoms with Crippen molar-refractivity contribution in [1.82, 2.24) is 24.6 Å². The number of carboxylic acids is 1. The number of ether oxygens (including phenoxy) is 2. The molecule has 1 amide bonds. The quantitative estimate of drug-likeness (QED) is 0.160. The van der Waals surface area contributed by atoms with Gasteiger partial charge in [-0.3, -0.25) is 19.7 Å². The molecule has 3 aromatic heterocycles. The van der Waals surface area contributed by atoms with Crippen molar-refractivity contribution in [2.75, 3.05) is 56.2 Å². The molecule has 0 atom stereocenters. The molecule has 8 rings (SSSR count). The van der Waals surface area contributed by atoms with Crippen LogP contribution in [0.2, 0.25) is 0 Å². The predicted octanol–water partition coefficient (Wildman–Crippen LogP) is 6.14. The van der Waals surface area contributed by atoms with Crippen LogP contribution in [0.4, 0.5) is 10.9 Å². The van der Waals surface area contributed by atoms with Crippen LogP contribution in [0, 0.1) is 6.92 Å². The van der Waals surface area contributed by atoms with Crippen molar-refractivity contribution in [3.8, 4) is 16.9 Å². The normalized spacial score (nSPS) is 14.6. The van der Waals surface area contributed by atoms with Crippen LogP contribution >= 0.6 is 11.3 Å². The molecule has 6 aromatic rings. The lowest BCUT2D eigenvalue weighted by Crippen LogP contribution is -2.38. The van der Waals surface area contributed by atoms with Crippen LogP contribution in [-0.4, -0.2) is 87.6 Å². The number of thiazole rings is 1. The minimum absolute atomic E-state index is 0.0512. The highest BCUT2D eigenvalue weighted by atomic mass is 32.1. The van der Waals surface area contributed by atoms with Crippen molar-refractivity contribution < 1.29 is 24.2 Å². The van der Waals surface area contributed by atoms with Gasteiger partial charge in [0.05, 0.1) is 36.2 Å². The van der Waals surface area contributed by atoms with Crippen molar-refractivity contribution >= 4 is 44.4 Å². The van der Waals surface area contributed by atoms with Gasteiger partial charge >= 0.3 is 5.97 Å². The molecule has 0 spiro atoms. The minimum Gasteiger partial charge on any atom is -0.492 e. The highest BCUT2D eigenvalue weighted by molar-refractivity contribution is 7.22. The van der Waals surface area contributed by atoms with Gasteiger partial charge in [-0.05, 0) is 60.9 Å². The Hall–Kier alpha value is -5.63. The van der Waals surface area contributed by atoms with E-state index in [1.54, 1.807) is 6.20 Å². The number of para-hydroxylation sites is 2. The molecule has 2 aliphatic heterocycles. The Bertz CT molecular complexity index is 2260. The topological polar surface area (TPSA) is 135 Å². The minimum atomic E-state index is -1.12. The first-order valence-electron chi connectivity index (χ1n) is 17.7. The monoisotopic (exact) mass is 729 g/mol. The third kappa shape index (κ3) is 7.36. The van der Waals surface area contributed by atoms with Gasteiger partial charge in [0.1, 0.15) is 18.2 Å². The van der Waals surface area contributed by atoms with E-state index >= 15 is 0 Å². The first kappa shape index (κ1) is 34.5. The van der Waals surface area contributed by atoms with Crippen molar-refractivity contribution in [3.05, 3.63) is 119 Å². The highest BCUT2D eigenvalue weighted by Crippen LogP contribution is 2.33. The number of nitrogens with zero attached hydrogens (tertiary/aromatic N) is 6. The van der Waals surface area contributed by atoms with Crippen molar-refractivity contribution in [3.63, 3.8) is 0 Å². The average molecular weight is 730 g/mol. The van der Waals surface area contributed by atoms with Crippen LogP contribution in [0.25, 0.3) is 21.3 Å². The largest absolute Gasteiger partial charge is 0.492 e. The number of morpholine rings is 1. The number of aromatic carboxylic acids is 1. The van der Waals surface area contributed by atoms with Gasteiger partial charge < -0.3 is 19.5 Å². The van der Waals surface area contributed by atoms with E-state index in [0.29, 0.717) is 60.3 Å². The second-order valence-electron chi connectivity index (χ2n) is 13.1. The molecule has 1 fully saturated rings. The number of hydrogen-bond acceptors (Lipinski definition) is 10. The fourth-order valence-corrected chi connectivity index (χ4v) is 7.86. The van der Waals surface area contributed by atoms with Crippen molar-refractivity contribution in [2.45, 2.75) is 26.4 Å². The number of amides is 1. The highest BCUT2D eigenvalue weighted by Gasteiger charge is 2.26. The fraction of sp³-hybridized carbons (Fsp3) is 0.275. The standard InChI is InChI=1S/C40H39N7O5S/c1-26-31(23-41-47(26)24-28-7-2-4-11-34(28)52-22-19-45-17-20-51-21-18-45)29-13-14-36(43-37(29)39(49)50)46-16-15-27-8-6-9-30(32(27)25-46)38(48)44-40-42-33-10-3-5-12-35(33)53-40/h2-14,23H,15-22,24-25H2,1H3,(H,49,50)(H,42,44,48). The van der Waals surface area contributed by atoms with E-state index in [-0.39, 0.29) is 11.6 Å². The molecule has 0 saturated carbocycles. The maximum atomic E-state index is 13.5. The van der Waals surface area contributed by atoms with E-state index < -0.39 is 5.97 Å². The van der Waals surface area contributed by atoms with E-state index in [1.807, 2.05) is 95.4 Å². The first-order valence-corrected chi connectivity index (χ1v) is 18.5. The molecule has 2 N–H and O–H groups in total. The summed E-state index contributed by atoms with van der Waals surface area (Å²) in [5.41, 5.74) is 6.32. The number of fused-ring (bicyclic) bond motifs is 2. The Kier molecular flexibility index (Phi) is 9.85. The number of benzene rings is 3. The SMILES string of the molecule is Cc1c(-c2ccc(N3CCc4cccc(C(=O)Nc5nc6ccccc6s5)c4C3)nc2C(=O)O)cnn1Cc1ccccc1OCCN1CCOCC1. The summed E-state index contributed by atoms with van der Waals surface area (Å²) < 4.78 is 14.5. The third-order valence-corrected chi connectivity index (χ3v) is 10.8. The number of aromatic nitrogens is 4. The molecule has 3 aromatic carbocycles. The van der Waals surface area contributed by atoms with Gasteiger partial charge in [0, 0.05) is 60.7 Å². The summed E-state index contributed by atoms with van der Waals surface area (Å²) in [4.78, 5) is 39.8. The Balaban J connectivity index is 0.993. The maximum Gasteiger partial charge on any atom is 0.355 e. The summed E-state index contributed by atoms with van der Waals surface area (Å²) in [7, 11) is 0. The molecule has 1 saturated heterocycles. The number of carbonyl (C=O) groups is 2. The fourth-order valence-electron chi connectivity index (χ4n) is 7.00. The smallest absolute Gasteiger partial charge is 0.355 e. The molecule has 0 bridgehead atoms. The van der Waals surface area contributed by atoms with Crippen LogP contribution in [0.15, 0.2) is 85.1 Å². The van der Waals surface area contributed by atoms with Crippen molar-refractivity contribution in [2.24, 2.45) is 0 Å². The number of rotatable bonds is 11. The van der Waals surface area contributed by atoms with Gasteiger partial charge in [-0.2, -0.15) is 5.10 Å². The molecule has 13 heteroatoms. The second kappa shape index (κ2) is 15.2. The number of hydrogen-bond donors (Lipinski definition) is 2. The van der Waals surface area contributed by atoms with Gasteiger partial charge in [0.15, 0.2) is 10.8 Å². The Morgan fingerprint density at radius 1 is 0.943 bits per heavy atom. The summed E-state index contributed by atoms with van der Waals surface area (Å²) in [6, 6.07) is 25.1. The van der Waals surface area contributed by atoms with E-state index in [1.165, 1.54) is 11.3 Å². The molecular weight excluding hydrogens is 691 g/mol. The molecule has 12 nitrogen and oxygen atoms in total. The van der Waals surface area contributed by atoms with Crippen molar-refractivity contribution in [1.29, 1.82) is 0 Å². The second-order valence-corrected chi connectivity index (χ2v) is 14.2. The summed E-state index contributed by atoms with van der Waals surface area (Å²) >= 11 is 1.43. The summed E-state index contributed by atoms with van der Waals surface area (Å²) in [6.45, 7) is 8.17. The van der Waals surface area contributed by atoms with Gasteiger partial charge in [-0.1, -0.05) is 53.8 Å². The molecule has 0 unspecified atom stereocenters. The predicted molar refractivity (Wildman–Crippen MR) is 204 cm³/mol. The number of carboxylic acid groups (broad SMARTS) is 1. The molecular formula is C40H39N7O5S. The summed E-state index contributed by atoms with van der Waals surface area (Å²) in [5, 5.41) is 18.6. The maximum absolute atomic E-state index is 13.5. The molecule has 2 aliphatic rings. The molecule has 270 valence electrons. The van der Waals surface area contributed by atoms with Gasteiger partial charge in [0.25, 0.3) is 5.91 Å². The first-order chi connectivity index (χ1) is 25.9. The van der Waals surface area contributed by atoms with Crippen LogP contribution in [0.3, 0.4) is 0 Å². The molecule has 0 aliphatic carbocycles. The van der Waals surface area contributed by atoms with E-state index in [4.69, 9.17) is 9.47 Å². The zero-order valence-corrected chi connectivity index (χ0v) is 30.1. The van der Waals surface area contributed by atoms with Crippen LogP contribution < -0.4 is 15.0 Å². The van der Waals surface area contributed by atoms with Crippen LogP contribution in [0.1, 0.15) is 43.2 Å². The van der Waals surface area contributed by atoms with Gasteiger partial charge in [-0.25, -0.2) is 14.8 Å². The zero-order valence-electron chi connectivity index (χ0n) is 29.3. The lowest BCUT2D eigenvalue weighted by Gasteiger charge is -2.31. The number of carbonyl (C=O) groups excluding carboxylic acids is 1. The van der Waals surface area contributed by atoms with Crippen LogP contribution in [0.5, 0.6) is 5.75 Å². The molecule has 0 radical (unpaired) electrons. The van der Waals surface area contributed by atoms with E-state index in [0.717, 1.165) is 71.2 Å². The van der Waals surface area contributed by atoms with Crippen LogP contribution in [-0.2, 0) is 24.2 Å². The average Bonchev–Trinajstić information content (AvgIpc) is 3.77. The molecule has 53 heavy (non-hydrogen) atoms. The Morgan fingerprint density at radius 2 is 1.77 bits per heavy atom. The number of pyridine rings is 1. The summed E-state index contributed by atoms with van der Waals surface area (Å²) in [5.74, 6) is -0.0189. The lowest BCUT2D eigenvalue weighted by atomic mass is 9.94. The number of anilines is 2. The number of nitrogens with one attached hydrogen (secondary N) is 1. The lowest BCUT2D eigenvalue weighted by molar-refractivity contribution is 0.0322. The molecule has 5 heterocycles. The van der Waals surface area contributed by atoms with Gasteiger partial charge in [0.2, 0.25) is 0 Å². The van der Waals surface area contributed by atoms with E-state index in [9.17, 15) is 14.7 Å². The third-order valence-electron chi connectivity index (χ3n) is 9.89. The summed E-state index contributed by atoms with van der Waals surface area (Å²) in [6.07, 6.45) is 2.39. The zero-order chi connectivity index (χ0) is 36.3. The van der Waals surface area contributed by atoms with E-state index in [2.05, 4.69) is 25.3 Å².